The van der Waals surface area contributed by atoms with Gasteiger partial charge >= 0.3 is 5.97 Å². The second-order valence-corrected chi connectivity index (χ2v) is 13.9. The second kappa shape index (κ2) is 21.5. The van der Waals surface area contributed by atoms with Gasteiger partial charge in [0.15, 0.2) is 0 Å². The minimum atomic E-state index is -1.66. The first kappa shape index (κ1) is 44.1. The number of carbonyl (C=O) groups is 6. The fourth-order valence-electron chi connectivity index (χ4n) is 5.37. The number of phenols is 1. The summed E-state index contributed by atoms with van der Waals surface area (Å²) in [4.78, 5) is 78.3. The quantitative estimate of drug-likeness (QED) is 0.0778. The van der Waals surface area contributed by atoms with E-state index in [4.69, 9.17) is 5.73 Å². The van der Waals surface area contributed by atoms with Crippen molar-refractivity contribution in [3.8, 4) is 5.75 Å². The van der Waals surface area contributed by atoms with Gasteiger partial charge in [0, 0.05) is 6.42 Å². The van der Waals surface area contributed by atoms with Gasteiger partial charge in [0.2, 0.25) is 29.5 Å². The zero-order chi connectivity index (χ0) is 39.8. The number of hydrogen-bond donors (Lipinski definition) is 10. The molecule has 7 atom stereocenters. The molecular formula is C37H54N6O10. The number of benzene rings is 2. The van der Waals surface area contributed by atoms with E-state index in [0.717, 1.165) is 5.56 Å². The number of nitrogens with two attached hydrogens (primary N) is 1. The van der Waals surface area contributed by atoms with E-state index < -0.39 is 84.5 Å². The predicted molar refractivity (Wildman–Crippen MR) is 195 cm³/mol. The van der Waals surface area contributed by atoms with Crippen molar-refractivity contribution >= 4 is 35.5 Å². The molecule has 53 heavy (non-hydrogen) atoms. The van der Waals surface area contributed by atoms with Gasteiger partial charge in [0.1, 0.15) is 36.0 Å². The summed E-state index contributed by atoms with van der Waals surface area (Å²) < 4.78 is 0. The zero-order valence-corrected chi connectivity index (χ0v) is 30.7. The third-order valence-corrected chi connectivity index (χ3v) is 8.18. The van der Waals surface area contributed by atoms with E-state index in [1.54, 1.807) is 13.8 Å². The van der Waals surface area contributed by atoms with Crippen LogP contribution in [0, 0.1) is 11.8 Å². The van der Waals surface area contributed by atoms with Crippen molar-refractivity contribution < 1.29 is 49.2 Å². The Labute approximate surface area is 309 Å². The first-order chi connectivity index (χ1) is 24.9. The van der Waals surface area contributed by atoms with Gasteiger partial charge in [-0.05, 0) is 61.3 Å². The molecule has 16 heteroatoms. The number of phenolic OH excluding ortho intramolecular Hbond substituents is 1. The van der Waals surface area contributed by atoms with Gasteiger partial charge in [-0.1, -0.05) is 70.2 Å². The van der Waals surface area contributed by atoms with Gasteiger partial charge in [-0.15, -0.1) is 0 Å². The smallest absolute Gasteiger partial charge is 0.326 e. The lowest BCUT2D eigenvalue weighted by Gasteiger charge is -2.28. The number of amides is 5. The molecule has 0 aliphatic carbocycles. The van der Waals surface area contributed by atoms with Crippen LogP contribution < -0.4 is 32.3 Å². The van der Waals surface area contributed by atoms with E-state index in [1.807, 2.05) is 44.2 Å². The third kappa shape index (κ3) is 15.2. The molecule has 16 nitrogen and oxygen atoms in total. The molecule has 0 spiro atoms. The van der Waals surface area contributed by atoms with Gasteiger partial charge in [0.05, 0.1) is 18.8 Å². The maximum absolute atomic E-state index is 13.6. The number of carboxylic acids is 1. The third-order valence-electron chi connectivity index (χ3n) is 8.18. The van der Waals surface area contributed by atoms with Crippen LogP contribution in [-0.4, -0.2) is 105 Å². The van der Waals surface area contributed by atoms with Crippen LogP contribution in [0.15, 0.2) is 54.6 Å². The van der Waals surface area contributed by atoms with Crippen LogP contribution in [0.1, 0.15) is 58.6 Å². The Balaban J connectivity index is 2.15. The Bertz CT molecular complexity index is 1520. The molecule has 0 fully saturated rings. The molecule has 0 bridgehead atoms. The van der Waals surface area contributed by atoms with E-state index in [1.165, 1.54) is 31.2 Å². The topological polar surface area (TPSA) is 270 Å². The molecule has 2 rings (SSSR count). The average Bonchev–Trinajstić information content (AvgIpc) is 3.08. The average molecular weight is 743 g/mol. The molecule has 0 saturated carbocycles. The summed E-state index contributed by atoms with van der Waals surface area (Å²) in [5.74, 6) is -5.77. The molecule has 0 radical (unpaired) electrons. The van der Waals surface area contributed by atoms with Crippen LogP contribution in [0.4, 0.5) is 0 Å². The molecular weight excluding hydrogens is 688 g/mol. The Kier molecular flexibility index (Phi) is 17.9. The van der Waals surface area contributed by atoms with Crippen LogP contribution >= 0.6 is 0 Å². The van der Waals surface area contributed by atoms with E-state index in [-0.39, 0.29) is 43.3 Å². The molecule has 0 aliphatic rings. The highest BCUT2D eigenvalue weighted by atomic mass is 16.4. The van der Waals surface area contributed by atoms with E-state index in [9.17, 15) is 49.2 Å². The highest BCUT2D eigenvalue weighted by Gasteiger charge is 2.35. The van der Waals surface area contributed by atoms with Crippen molar-refractivity contribution in [3.05, 3.63) is 65.7 Å². The first-order valence-corrected chi connectivity index (χ1v) is 17.5. The Morgan fingerprint density at radius 3 is 1.55 bits per heavy atom. The van der Waals surface area contributed by atoms with E-state index >= 15 is 0 Å². The summed E-state index contributed by atoms with van der Waals surface area (Å²) in [5, 5.41) is 51.8. The number of aliphatic hydroxyl groups excluding tert-OH is 2. The normalized spacial score (nSPS) is 15.2. The fourth-order valence-corrected chi connectivity index (χ4v) is 5.37. The van der Waals surface area contributed by atoms with Gasteiger partial charge in [-0.25, -0.2) is 4.79 Å². The standard InChI is InChI=1S/C37H54N6O10/c1-20(2)15-27(39-32(47)26(38)17-23-9-7-6-8-10-23)33(48)40-28(16-21(3)4)34(49)43-31(22(5)45)36(51)42-30(19-44)35(50)41-29(37(52)53)18-24-11-13-25(46)14-12-24/h6-14,20-22,26-31,44-46H,15-19,38H2,1-5H3,(H,39,47)(H,40,48)(H,41,50)(H,42,51)(H,43,49)(H,52,53)/t22-,26+,27+,28+,29+,30+,31+/m1/s1. The zero-order valence-electron chi connectivity index (χ0n) is 30.7. The highest BCUT2D eigenvalue weighted by Crippen LogP contribution is 2.13. The predicted octanol–water partition coefficient (Wildman–Crippen LogP) is -0.521. The molecule has 0 aliphatic heterocycles. The number of carbonyl (C=O) groups excluding carboxylic acids is 5. The highest BCUT2D eigenvalue weighted by molar-refractivity contribution is 5.96. The van der Waals surface area contributed by atoms with Crippen molar-refractivity contribution in [3.63, 3.8) is 0 Å². The number of aromatic hydroxyl groups is 1. The fraction of sp³-hybridized carbons (Fsp3) is 0.514. The first-order valence-electron chi connectivity index (χ1n) is 17.5. The molecule has 0 aromatic heterocycles. The summed E-state index contributed by atoms with van der Waals surface area (Å²) in [6.07, 6.45) is -1.11. The van der Waals surface area contributed by atoms with E-state index in [2.05, 4.69) is 26.6 Å². The Morgan fingerprint density at radius 1 is 0.604 bits per heavy atom. The number of aliphatic carboxylic acids is 1. The number of hydrogen-bond acceptors (Lipinski definition) is 10. The number of rotatable bonds is 21. The van der Waals surface area contributed by atoms with Crippen LogP contribution in [0.2, 0.25) is 0 Å². The summed E-state index contributed by atoms with van der Waals surface area (Å²) in [6.45, 7) is 7.58. The summed E-state index contributed by atoms with van der Waals surface area (Å²) in [5.41, 5.74) is 7.46. The molecule has 2 aromatic carbocycles. The molecule has 292 valence electrons. The van der Waals surface area contributed by atoms with E-state index in [0.29, 0.717) is 5.56 Å². The summed E-state index contributed by atoms with van der Waals surface area (Å²) >= 11 is 0. The van der Waals surface area contributed by atoms with Crippen LogP contribution in [-0.2, 0) is 41.6 Å². The van der Waals surface area contributed by atoms with Gasteiger partial charge in [-0.3, -0.25) is 24.0 Å². The van der Waals surface area contributed by atoms with Crippen molar-refractivity contribution in [1.82, 2.24) is 26.6 Å². The maximum atomic E-state index is 13.6. The lowest BCUT2D eigenvalue weighted by molar-refractivity contribution is -0.142. The Hall–Kier alpha value is -5.06. The lowest BCUT2D eigenvalue weighted by Crippen LogP contribution is -2.62. The summed E-state index contributed by atoms with van der Waals surface area (Å²) in [6, 6.07) is 6.78. The second-order valence-electron chi connectivity index (χ2n) is 13.9. The lowest BCUT2D eigenvalue weighted by atomic mass is 9.99. The maximum Gasteiger partial charge on any atom is 0.326 e. The Morgan fingerprint density at radius 2 is 1.06 bits per heavy atom. The number of carboxylic acid groups (broad SMARTS) is 1. The van der Waals surface area contributed by atoms with Crippen LogP contribution in [0.3, 0.4) is 0 Å². The van der Waals surface area contributed by atoms with Gasteiger partial charge in [-0.2, -0.15) is 0 Å². The van der Waals surface area contributed by atoms with Crippen molar-refractivity contribution in [2.45, 2.75) is 103 Å². The number of aliphatic hydroxyl groups is 2. The minimum Gasteiger partial charge on any atom is -0.508 e. The molecule has 0 heterocycles. The van der Waals surface area contributed by atoms with Crippen LogP contribution in [0.5, 0.6) is 5.75 Å². The van der Waals surface area contributed by atoms with Gasteiger partial charge in [0.25, 0.3) is 0 Å². The van der Waals surface area contributed by atoms with Crippen molar-refractivity contribution in [1.29, 1.82) is 0 Å². The molecule has 11 N–H and O–H groups in total. The largest absolute Gasteiger partial charge is 0.508 e. The molecule has 2 aromatic rings. The molecule has 0 unspecified atom stereocenters. The SMILES string of the molecule is CC(C)C[C@H](NC(=O)[C@H](CC(C)C)NC(=O)[C@@H](N)Cc1ccccc1)C(=O)N[C@H](C(=O)N[C@@H](CO)C(=O)N[C@@H](Cc1ccc(O)cc1)C(=O)O)[C@@H](C)O. The summed E-state index contributed by atoms with van der Waals surface area (Å²) in [7, 11) is 0. The van der Waals surface area contributed by atoms with Crippen molar-refractivity contribution in [2.75, 3.05) is 6.61 Å². The van der Waals surface area contributed by atoms with Crippen LogP contribution in [0.25, 0.3) is 0 Å². The molecule has 5 amide bonds. The monoisotopic (exact) mass is 742 g/mol. The van der Waals surface area contributed by atoms with Gasteiger partial charge < -0.3 is 52.7 Å². The molecule has 0 saturated heterocycles. The van der Waals surface area contributed by atoms with Crippen molar-refractivity contribution in [2.24, 2.45) is 17.6 Å². The number of nitrogens with one attached hydrogen (secondary N) is 5. The minimum absolute atomic E-state index is 0.0349.